The van der Waals surface area contributed by atoms with Crippen molar-refractivity contribution in [2.24, 2.45) is 0 Å². The topological polar surface area (TPSA) is 30.9 Å². The molecule has 4 heteroatoms. The highest BCUT2D eigenvalue weighted by Gasteiger charge is 2.40. The van der Waals surface area contributed by atoms with E-state index >= 15 is 0 Å². The van der Waals surface area contributed by atoms with Crippen LogP contribution in [0.4, 0.5) is 0 Å². The van der Waals surface area contributed by atoms with Gasteiger partial charge in [-0.1, -0.05) is 192 Å². The van der Waals surface area contributed by atoms with E-state index in [4.69, 9.17) is 14.2 Å². The molecule has 74 heavy (non-hydrogen) atoms. The summed E-state index contributed by atoms with van der Waals surface area (Å²) < 4.78 is 23.4. The minimum absolute atomic E-state index is 0.0846. The zero-order valence-electron chi connectivity index (χ0n) is 51.4. The van der Waals surface area contributed by atoms with Crippen molar-refractivity contribution < 1.29 is 14.2 Å². The molecule has 0 aliphatic heterocycles. The van der Waals surface area contributed by atoms with Crippen molar-refractivity contribution >= 4 is 0 Å². The monoisotopic (exact) mass is 1030 g/mol. The van der Waals surface area contributed by atoms with Crippen LogP contribution in [0.5, 0.6) is 0 Å². The zero-order chi connectivity index (χ0) is 53.9. The maximum Gasteiger partial charge on any atom is 0.283 e. The Morgan fingerprint density at radius 1 is 0.270 bits per heavy atom. The average Bonchev–Trinajstić information content (AvgIpc) is 3.39. The van der Waals surface area contributed by atoms with Gasteiger partial charge in [0, 0.05) is 6.42 Å². The Kier molecular flexibility index (Phi) is 57.6. The van der Waals surface area contributed by atoms with Crippen molar-refractivity contribution in [3.8, 4) is 0 Å². The third-order valence-corrected chi connectivity index (χ3v) is 14.6. The highest BCUT2D eigenvalue weighted by atomic mass is 16.9. The van der Waals surface area contributed by atoms with Gasteiger partial charge in [0.1, 0.15) is 0 Å². The molecule has 0 aliphatic carbocycles. The van der Waals surface area contributed by atoms with E-state index in [1.807, 2.05) is 0 Å². The Morgan fingerprint density at radius 3 is 0.662 bits per heavy atom. The highest BCUT2D eigenvalue weighted by molar-refractivity contribution is 4.87. The zero-order valence-corrected chi connectivity index (χ0v) is 51.4. The van der Waals surface area contributed by atoms with Gasteiger partial charge in [-0.15, -0.1) is 0 Å². The van der Waals surface area contributed by atoms with E-state index in [9.17, 15) is 0 Å². The minimum atomic E-state index is -1.07. The lowest BCUT2D eigenvalue weighted by molar-refractivity contribution is -0.423. The molecule has 0 radical (unpaired) electrons. The second-order valence-corrected chi connectivity index (χ2v) is 22.6. The minimum Gasteiger partial charge on any atom is -0.324 e. The number of unbranched alkanes of at least 4 members (excludes halogenated alkanes) is 25. The Bertz CT molecular complexity index is 1060. The van der Waals surface area contributed by atoms with Crippen LogP contribution >= 0.6 is 0 Å². The summed E-state index contributed by atoms with van der Waals surface area (Å²) in [7, 11) is 4.42. The fourth-order valence-corrected chi connectivity index (χ4v) is 9.85. The summed E-state index contributed by atoms with van der Waals surface area (Å²) in [4.78, 5) is 2.33. The van der Waals surface area contributed by atoms with Gasteiger partial charge in [-0.2, -0.15) is 0 Å². The lowest BCUT2D eigenvalue weighted by atomic mass is 10.0. The summed E-state index contributed by atoms with van der Waals surface area (Å²) in [5.74, 6) is -1.07. The molecule has 0 saturated heterocycles. The molecule has 0 spiro atoms. The highest BCUT2D eigenvalue weighted by Crippen LogP contribution is 2.35. The maximum absolute atomic E-state index is 7.79. The van der Waals surface area contributed by atoms with Gasteiger partial charge in [0.15, 0.2) is 0 Å². The lowest BCUT2D eigenvalue weighted by Crippen LogP contribution is -2.47. The van der Waals surface area contributed by atoms with Crippen LogP contribution in [0.3, 0.4) is 0 Å². The summed E-state index contributed by atoms with van der Waals surface area (Å²) in [5.41, 5.74) is 0. The van der Waals surface area contributed by atoms with Crippen LogP contribution < -0.4 is 0 Å². The number of ether oxygens (including phenoxy) is 3. The molecule has 0 rings (SSSR count). The van der Waals surface area contributed by atoms with Gasteiger partial charge in [0.2, 0.25) is 0 Å². The molecule has 434 valence electrons. The van der Waals surface area contributed by atoms with Gasteiger partial charge in [-0.05, 0) is 226 Å². The first-order valence-electron chi connectivity index (χ1n) is 33.0. The van der Waals surface area contributed by atoms with E-state index in [1.165, 1.54) is 154 Å². The number of hydrogen-bond acceptors (Lipinski definition) is 4. The SMILES string of the molecule is CCCCC/C=C\CCCC(CCC/C=C\CCCCC)OC(CCCCN(C)C)(OC(CCC/C=C\CCCCC)CCC/C=C\CCCCC)OC(CCC/C=C\CCCCC)CCC/C=C\CCCCC. The van der Waals surface area contributed by atoms with E-state index < -0.39 is 5.97 Å². The molecule has 0 aliphatic rings. The Labute approximate surface area is 465 Å². The molecule has 0 aromatic heterocycles. The number of allylic oxidation sites excluding steroid dienone is 12. The molecule has 0 aromatic carbocycles. The van der Waals surface area contributed by atoms with Crippen LogP contribution in [0.25, 0.3) is 0 Å². The summed E-state index contributed by atoms with van der Waals surface area (Å²) in [6.45, 7) is 14.9. The van der Waals surface area contributed by atoms with Crippen molar-refractivity contribution in [3.63, 3.8) is 0 Å². The molecule has 0 amide bonds. The first-order valence-corrected chi connectivity index (χ1v) is 33.0. The Hall–Kier alpha value is -1.72. The fraction of sp³-hybridized carbons (Fsp3) is 0.829. The van der Waals surface area contributed by atoms with Gasteiger partial charge in [0.05, 0.1) is 18.3 Å². The van der Waals surface area contributed by atoms with Crippen LogP contribution in [-0.4, -0.2) is 49.8 Å². The third-order valence-electron chi connectivity index (χ3n) is 14.6. The first-order chi connectivity index (χ1) is 36.4. The molecule has 0 heterocycles. The first kappa shape index (κ1) is 72.3. The fourth-order valence-electron chi connectivity index (χ4n) is 9.85. The largest absolute Gasteiger partial charge is 0.324 e. The summed E-state index contributed by atoms with van der Waals surface area (Å²) in [5, 5.41) is 0. The van der Waals surface area contributed by atoms with E-state index in [0.29, 0.717) is 0 Å². The van der Waals surface area contributed by atoms with Gasteiger partial charge in [-0.25, -0.2) is 0 Å². The van der Waals surface area contributed by atoms with E-state index in [1.54, 1.807) is 0 Å². The number of hydrogen-bond donors (Lipinski definition) is 0. The standard InChI is InChI=1S/C70H131NO3/c1-9-15-21-27-33-39-45-51-59-67(60-52-46-40-34-28-22-16-10-2)72-70(65-57-58-66-71(7)8,73-68(61-53-47-41-35-29-23-17-11-3)62-54-48-42-36-30-24-18-12-4)74-69(63-55-49-43-37-31-25-19-13-5)64-56-50-44-38-32-26-20-14-6/h33-44,67-69H,9-32,45-66H2,1-8H3/b39-33-,40-34-,41-35-,42-36-,43-37-,44-38-. The van der Waals surface area contributed by atoms with E-state index in [2.05, 4.69) is 133 Å². The van der Waals surface area contributed by atoms with Crippen molar-refractivity contribution in [3.05, 3.63) is 72.9 Å². The second-order valence-electron chi connectivity index (χ2n) is 22.6. The molecule has 4 nitrogen and oxygen atoms in total. The van der Waals surface area contributed by atoms with Crippen molar-refractivity contribution in [1.29, 1.82) is 0 Å². The summed E-state index contributed by atoms with van der Waals surface area (Å²) in [6, 6.07) is 0. The van der Waals surface area contributed by atoms with Crippen LogP contribution in [0.2, 0.25) is 0 Å². The smallest absolute Gasteiger partial charge is 0.283 e. The molecular weight excluding hydrogens is 903 g/mol. The van der Waals surface area contributed by atoms with Crippen LogP contribution in [0.15, 0.2) is 72.9 Å². The Morgan fingerprint density at radius 2 is 0.473 bits per heavy atom. The van der Waals surface area contributed by atoms with Gasteiger partial charge in [0.25, 0.3) is 5.97 Å². The van der Waals surface area contributed by atoms with Crippen LogP contribution in [0.1, 0.15) is 330 Å². The van der Waals surface area contributed by atoms with E-state index in [0.717, 1.165) is 141 Å². The molecular formula is C70H131NO3. The molecule has 0 bridgehead atoms. The van der Waals surface area contributed by atoms with E-state index in [-0.39, 0.29) is 18.3 Å². The molecule has 0 N–H and O–H groups in total. The molecule has 0 aromatic rings. The summed E-state index contributed by atoms with van der Waals surface area (Å²) >= 11 is 0. The normalized spacial score (nSPS) is 13.0. The number of rotatable bonds is 59. The van der Waals surface area contributed by atoms with Crippen LogP contribution in [-0.2, 0) is 14.2 Å². The van der Waals surface area contributed by atoms with Gasteiger partial charge in [-0.3, -0.25) is 0 Å². The predicted molar refractivity (Wildman–Crippen MR) is 333 cm³/mol. The molecule has 0 saturated carbocycles. The van der Waals surface area contributed by atoms with Crippen molar-refractivity contribution in [2.75, 3.05) is 20.6 Å². The van der Waals surface area contributed by atoms with Crippen LogP contribution in [0, 0.1) is 0 Å². The maximum atomic E-state index is 7.79. The van der Waals surface area contributed by atoms with Gasteiger partial charge >= 0.3 is 0 Å². The predicted octanol–water partition coefficient (Wildman–Crippen LogP) is 23.4. The molecule has 0 unspecified atom stereocenters. The van der Waals surface area contributed by atoms with Crippen molar-refractivity contribution in [1.82, 2.24) is 4.90 Å². The Balaban J connectivity index is 7.30. The molecule has 0 atom stereocenters. The quantitative estimate of drug-likeness (QED) is 0.0345. The van der Waals surface area contributed by atoms with Crippen molar-refractivity contribution in [2.45, 2.75) is 355 Å². The second kappa shape index (κ2) is 59.0. The number of nitrogens with zero attached hydrogens (tertiary/aromatic N) is 1. The average molecular weight is 1030 g/mol. The lowest BCUT2D eigenvalue weighted by Gasteiger charge is -2.42. The molecule has 0 fully saturated rings. The van der Waals surface area contributed by atoms with Gasteiger partial charge < -0.3 is 19.1 Å². The summed E-state index contributed by atoms with van der Waals surface area (Å²) in [6.07, 6.45) is 82.8. The third kappa shape index (κ3) is 51.1.